The number of morpholine rings is 1. The lowest BCUT2D eigenvalue weighted by atomic mass is 10.1. The van der Waals surface area contributed by atoms with Crippen LogP contribution >= 0.6 is 0 Å². The van der Waals surface area contributed by atoms with E-state index in [1.807, 2.05) is 53.4 Å². The SMILES string of the molecule is COc1ccc(CN(Cc2ccc(OC)cc2)c2ncc(NC(=O)O)c(C3CNCCO3)c2F)cc1. The number of aromatic nitrogens is 1. The van der Waals surface area contributed by atoms with Crippen LogP contribution in [0.15, 0.2) is 54.7 Å². The molecule has 2 heterocycles. The lowest BCUT2D eigenvalue weighted by Gasteiger charge is -2.29. The summed E-state index contributed by atoms with van der Waals surface area (Å²) in [7, 11) is 3.20. The minimum Gasteiger partial charge on any atom is -0.497 e. The maximum absolute atomic E-state index is 16.2. The van der Waals surface area contributed by atoms with Gasteiger partial charge in [-0.3, -0.25) is 5.32 Å². The number of nitrogens with zero attached hydrogens (tertiary/aromatic N) is 2. The van der Waals surface area contributed by atoms with Gasteiger partial charge in [0.05, 0.1) is 32.7 Å². The van der Waals surface area contributed by atoms with Gasteiger partial charge in [0.15, 0.2) is 11.6 Å². The summed E-state index contributed by atoms with van der Waals surface area (Å²) in [6.07, 6.45) is -0.622. The second-order valence-electron chi connectivity index (χ2n) is 8.27. The number of benzene rings is 2. The van der Waals surface area contributed by atoms with E-state index < -0.39 is 18.0 Å². The molecule has 10 heteroatoms. The van der Waals surface area contributed by atoms with Crippen molar-refractivity contribution < 1.29 is 28.5 Å². The number of amides is 1. The number of ether oxygens (including phenoxy) is 3. The van der Waals surface area contributed by atoms with E-state index in [-0.39, 0.29) is 17.1 Å². The zero-order chi connectivity index (χ0) is 25.5. The van der Waals surface area contributed by atoms with E-state index >= 15 is 4.39 Å². The summed E-state index contributed by atoms with van der Waals surface area (Å²) in [5.41, 5.74) is 2.04. The smallest absolute Gasteiger partial charge is 0.409 e. The van der Waals surface area contributed by atoms with Crippen molar-refractivity contribution in [3.05, 3.63) is 77.2 Å². The molecule has 3 aromatic rings. The van der Waals surface area contributed by atoms with E-state index in [4.69, 9.17) is 14.2 Å². The summed E-state index contributed by atoms with van der Waals surface area (Å²) in [4.78, 5) is 17.5. The Bertz CT molecular complexity index is 1120. The molecular weight excluding hydrogens is 467 g/mol. The summed E-state index contributed by atoms with van der Waals surface area (Å²) < 4.78 is 32.5. The molecule has 1 aromatic heterocycles. The molecule has 190 valence electrons. The highest BCUT2D eigenvalue weighted by atomic mass is 19.1. The molecule has 0 saturated carbocycles. The zero-order valence-corrected chi connectivity index (χ0v) is 20.2. The largest absolute Gasteiger partial charge is 0.497 e. The average Bonchev–Trinajstić information content (AvgIpc) is 2.89. The molecule has 1 saturated heterocycles. The van der Waals surface area contributed by atoms with Gasteiger partial charge in [0, 0.05) is 31.7 Å². The number of anilines is 2. The molecule has 9 nitrogen and oxygen atoms in total. The van der Waals surface area contributed by atoms with Gasteiger partial charge in [-0.15, -0.1) is 0 Å². The summed E-state index contributed by atoms with van der Waals surface area (Å²) in [6.45, 7) is 2.09. The Balaban J connectivity index is 1.74. The van der Waals surface area contributed by atoms with E-state index in [0.717, 1.165) is 22.6 Å². The van der Waals surface area contributed by atoms with Crippen molar-refractivity contribution >= 4 is 17.6 Å². The van der Waals surface area contributed by atoms with Crippen molar-refractivity contribution in [2.45, 2.75) is 19.2 Å². The molecule has 1 atom stereocenters. The van der Waals surface area contributed by atoms with Gasteiger partial charge in [-0.25, -0.2) is 14.2 Å². The molecule has 0 radical (unpaired) electrons. The van der Waals surface area contributed by atoms with Crippen LogP contribution in [0.1, 0.15) is 22.8 Å². The molecule has 36 heavy (non-hydrogen) atoms. The number of rotatable bonds is 9. The van der Waals surface area contributed by atoms with Crippen LogP contribution in [0.5, 0.6) is 11.5 Å². The third-order valence-corrected chi connectivity index (χ3v) is 5.89. The summed E-state index contributed by atoms with van der Waals surface area (Å²) in [5.74, 6) is 0.912. The molecule has 3 N–H and O–H groups in total. The first-order chi connectivity index (χ1) is 17.5. The molecule has 4 rings (SSSR count). The fourth-order valence-corrected chi connectivity index (χ4v) is 4.10. The van der Waals surface area contributed by atoms with E-state index in [2.05, 4.69) is 15.6 Å². The highest BCUT2D eigenvalue weighted by molar-refractivity contribution is 5.84. The minimum atomic E-state index is -1.30. The van der Waals surface area contributed by atoms with Gasteiger partial charge >= 0.3 is 6.09 Å². The lowest BCUT2D eigenvalue weighted by Crippen LogP contribution is -2.35. The Hall–Kier alpha value is -3.89. The second-order valence-corrected chi connectivity index (χ2v) is 8.27. The quantitative estimate of drug-likeness (QED) is 0.405. The number of carboxylic acid groups (broad SMARTS) is 1. The van der Waals surface area contributed by atoms with Crippen molar-refractivity contribution in [1.82, 2.24) is 10.3 Å². The van der Waals surface area contributed by atoms with Crippen LogP contribution in [0.4, 0.5) is 20.7 Å². The van der Waals surface area contributed by atoms with Gasteiger partial charge in [-0.05, 0) is 35.4 Å². The maximum atomic E-state index is 16.2. The topological polar surface area (TPSA) is 105 Å². The molecule has 0 spiro atoms. The van der Waals surface area contributed by atoms with Crippen molar-refractivity contribution in [1.29, 1.82) is 0 Å². The van der Waals surface area contributed by atoms with Crippen LogP contribution < -0.4 is 25.0 Å². The third kappa shape index (κ3) is 6.02. The highest BCUT2D eigenvalue weighted by Gasteiger charge is 2.28. The van der Waals surface area contributed by atoms with Crippen LogP contribution in [0.25, 0.3) is 0 Å². The summed E-state index contributed by atoms with van der Waals surface area (Å²) in [5, 5.41) is 14.7. The van der Waals surface area contributed by atoms with Crippen molar-refractivity contribution in [3.8, 4) is 11.5 Å². The Kier molecular flexibility index (Phi) is 8.19. The van der Waals surface area contributed by atoms with Crippen molar-refractivity contribution in [2.75, 3.05) is 44.1 Å². The molecule has 1 unspecified atom stereocenters. The number of carbonyl (C=O) groups is 1. The first-order valence-corrected chi connectivity index (χ1v) is 11.5. The van der Waals surface area contributed by atoms with E-state index in [1.165, 1.54) is 6.20 Å². The highest BCUT2D eigenvalue weighted by Crippen LogP contribution is 2.34. The predicted molar refractivity (Wildman–Crippen MR) is 133 cm³/mol. The number of methoxy groups -OCH3 is 2. The number of hydrogen-bond acceptors (Lipinski definition) is 7. The van der Waals surface area contributed by atoms with Crippen LogP contribution in [0.2, 0.25) is 0 Å². The van der Waals surface area contributed by atoms with Gasteiger partial charge in [-0.2, -0.15) is 0 Å². The van der Waals surface area contributed by atoms with Crippen molar-refractivity contribution in [3.63, 3.8) is 0 Å². The van der Waals surface area contributed by atoms with Crippen LogP contribution in [-0.4, -0.2) is 50.1 Å². The monoisotopic (exact) mass is 496 g/mol. The van der Waals surface area contributed by atoms with Crippen LogP contribution in [0, 0.1) is 5.82 Å². The molecule has 2 aromatic carbocycles. The summed E-state index contributed by atoms with van der Waals surface area (Å²) in [6, 6.07) is 15.0. The predicted octanol–water partition coefficient (Wildman–Crippen LogP) is 4.20. The zero-order valence-electron chi connectivity index (χ0n) is 20.2. The van der Waals surface area contributed by atoms with Gasteiger partial charge < -0.3 is 29.5 Å². The Morgan fingerprint density at radius 3 is 2.17 bits per heavy atom. The minimum absolute atomic E-state index is 0.0614. The first kappa shape index (κ1) is 25.2. The van der Waals surface area contributed by atoms with E-state index in [0.29, 0.717) is 32.8 Å². The van der Waals surface area contributed by atoms with E-state index in [1.54, 1.807) is 14.2 Å². The molecule has 0 aliphatic carbocycles. The van der Waals surface area contributed by atoms with Gasteiger partial charge in [0.25, 0.3) is 0 Å². The summed E-state index contributed by atoms with van der Waals surface area (Å²) >= 11 is 0. The average molecular weight is 497 g/mol. The Morgan fingerprint density at radius 1 is 1.11 bits per heavy atom. The molecule has 1 aliphatic rings. The molecule has 0 bridgehead atoms. The van der Waals surface area contributed by atoms with Crippen LogP contribution in [-0.2, 0) is 17.8 Å². The molecule has 1 aliphatic heterocycles. The molecule has 1 amide bonds. The van der Waals surface area contributed by atoms with E-state index in [9.17, 15) is 9.90 Å². The lowest BCUT2D eigenvalue weighted by molar-refractivity contribution is 0.0259. The fourth-order valence-electron chi connectivity index (χ4n) is 4.10. The number of pyridine rings is 1. The van der Waals surface area contributed by atoms with Crippen molar-refractivity contribution in [2.24, 2.45) is 0 Å². The Labute approximate surface area is 208 Å². The third-order valence-electron chi connectivity index (χ3n) is 5.89. The first-order valence-electron chi connectivity index (χ1n) is 11.5. The standard InChI is InChI=1S/C26H29FN4O5/c1-34-19-7-3-17(4-8-19)15-31(16-18-5-9-20(35-2)10-6-18)25-24(27)23(22-14-28-11-12-36-22)21(13-29-25)30-26(32)33/h3-10,13,22,28,30H,11-12,14-16H2,1-2H3,(H,32,33). The van der Waals surface area contributed by atoms with Crippen LogP contribution in [0.3, 0.4) is 0 Å². The normalized spacial score (nSPS) is 15.2. The number of halogens is 1. The number of hydrogen-bond donors (Lipinski definition) is 3. The molecular formula is C26H29FN4O5. The number of nitrogens with one attached hydrogen (secondary N) is 2. The second kappa shape index (κ2) is 11.7. The maximum Gasteiger partial charge on any atom is 0.409 e. The van der Waals surface area contributed by atoms with Gasteiger partial charge in [0.1, 0.15) is 17.6 Å². The fraction of sp³-hybridized carbons (Fsp3) is 0.308. The van der Waals surface area contributed by atoms with Gasteiger partial charge in [0.2, 0.25) is 0 Å². The molecule has 1 fully saturated rings. The Morgan fingerprint density at radius 2 is 1.69 bits per heavy atom. The van der Waals surface area contributed by atoms with Gasteiger partial charge in [-0.1, -0.05) is 24.3 Å².